The molecular weight excluding hydrogens is 254 g/mol. The summed E-state index contributed by atoms with van der Waals surface area (Å²) < 4.78 is 4.75. The predicted octanol–water partition coefficient (Wildman–Crippen LogP) is 3.92. The van der Waals surface area contributed by atoms with E-state index in [-0.39, 0.29) is 5.78 Å². The molecule has 0 saturated heterocycles. The Balaban J connectivity index is 0.000000388. The molecule has 0 atom stereocenters. The van der Waals surface area contributed by atoms with Gasteiger partial charge in [-0.25, -0.2) is 0 Å². The number of amides is 1. The van der Waals surface area contributed by atoms with Crippen molar-refractivity contribution in [2.75, 3.05) is 6.54 Å². The van der Waals surface area contributed by atoms with E-state index in [1.807, 2.05) is 18.7 Å². The van der Waals surface area contributed by atoms with Crippen LogP contribution >= 0.6 is 0 Å². The smallest absolute Gasteiger partial charge is 0.209 e. The molecule has 20 heavy (non-hydrogen) atoms. The molecule has 0 radical (unpaired) electrons. The zero-order valence-corrected chi connectivity index (χ0v) is 13.1. The highest BCUT2D eigenvalue weighted by atomic mass is 16.3. The highest BCUT2D eigenvalue weighted by Gasteiger charge is 2.04. The van der Waals surface area contributed by atoms with Crippen LogP contribution in [-0.4, -0.2) is 29.7 Å². The third kappa shape index (κ3) is 8.51. The quantitative estimate of drug-likeness (QED) is 0.412. The molecule has 0 N–H and O–H groups in total. The van der Waals surface area contributed by atoms with Crippen molar-refractivity contribution in [1.29, 1.82) is 0 Å². The van der Waals surface area contributed by atoms with E-state index in [4.69, 9.17) is 4.42 Å². The first kappa shape index (κ1) is 18.4. The Labute approximate surface area is 122 Å². The summed E-state index contributed by atoms with van der Waals surface area (Å²) in [6.07, 6.45) is 7.36. The van der Waals surface area contributed by atoms with Crippen molar-refractivity contribution >= 4 is 12.2 Å². The number of furan rings is 1. The highest BCUT2D eigenvalue weighted by Crippen LogP contribution is 2.02. The third-order valence-corrected chi connectivity index (χ3v) is 2.94. The standard InChI is InChI=1S/C10H21NO.C6H6O2/c1-4-5-6-7-8-11(9-12)10(2)3;1-5(7)6-3-2-4-8-6/h9-10H,4-8H2,1-3H3;2-4H,1H3. The van der Waals surface area contributed by atoms with Gasteiger partial charge in [-0.2, -0.15) is 0 Å². The van der Waals surface area contributed by atoms with Gasteiger partial charge in [0.25, 0.3) is 0 Å². The van der Waals surface area contributed by atoms with E-state index >= 15 is 0 Å². The maximum absolute atomic E-state index is 10.5. The monoisotopic (exact) mass is 281 g/mol. The largest absolute Gasteiger partial charge is 0.461 e. The molecule has 0 aromatic carbocycles. The summed E-state index contributed by atoms with van der Waals surface area (Å²) in [6.45, 7) is 8.68. The topological polar surface area (TPSA) is 50.5 Å². The minimum Gasteiger partial charge on any atom is -0.461 e. The van der Waals surface area contributed by atoms with Gasteiger partial charge in [0.2, 0.25) is 6.41 Å². The molecule has 1 heterocycles. The summed E-state index contributed by atoms with van der Waals surface area (Å²) in [4.78, 5) is 22.8. The van der Waals surface area contributed by atoms with Crippen LogP contribution in [0, 0.1) is 0 Å². The van der Waals surface area contributed by atoms with Gasteiger partial charge in [0.05, 0.1) is 6.26 Å². The van der Waals surface area contributed by atoms with Gasteiger partial charge in [0, 0.05) is 19.5 Å². The predicted molar refractivity (Wildman–Crippen MR) is 80.8 cm³/mol. The van der Waals surface area contributed by atoms with Crippen molar-refractivity contribution in [3.8, 4) is 0 Å². The lowest BCUT2D eigenvalue weighted by Crippen LogP contribution is -2.30. The summed E-state index contributed by atoms with van der Waals surface area (Å²) in [5, 5.41) is 0. The Bertz CT molecular complexity index is 358. The number of unbranched alkanes of at least 4 members (excludes halogenated alkanes) is 3. The molecule has 1 amide bonds. The molecule has 0 unspecified atom stereocenters. The third-order valence-electron chi connectivity index (χ3n) is 2.94. The molecule has 4 nitrogen and oxygen atoms in total. The molecule has 1 aromatic heterocycles. The molecule has 0 spiro atoms. The minimum atomic E-state index is -0.0324. The molecule has 4 heteroatoms. The van der Waals surface area contributed by atoms with Crippen LogP contribution in [0.5, 0.6) is 0 Å². The van der Waals surface area contributed by atoms with Crippen LogP contribution in [0.1, 0.15) is 63.9 Å². The lowest BCUT2D eigenvalue weighted by Gasteiger charge is -2.21. The highest BCUT2D eigenvalue weighted by molar-refractivity contribution is 5.91. The Morgan fingerprint density at radius 1 is 1.35 bits per heavy atom. The zero-order chi connectivity index (χ0) is 15.4. The SMILES string of the molecule is CC(=O)c1ccco1.CCCCCCN(C=O)C(C)C. The second kappa shape index (κ2) is 11.3. The Morgan fingerprint density at radius 2 is 2.05 bits per heavy atom. The molecule has 0 aliphatic heterocycles. The summed E-state index contributed by atoms with van der Waals surface area (Å²) in [7, 11) is 0. The number of carbonyl (C=O) groups excluding carboxylic acids is 2. The van der Waals surface area contributed by atoms with Crippen molar-refractivity contribution in [1.82, 2.24) is 4.90 Å². The zero-order valence-electron chi connectivity index (χ0n) is 13.1. The molecule has 0 aliphatic carbocycles. The van der Waals surface area contributed by atoms with Crippen molar-refractivity contribution < 1.29 is 14.0 Å². The number of carbonyl (C=O) groups is 2. The molecular formula is C16H27NO3. The van der Waals surface area contributed by atoms with Crippen molar-refractivity contribution in [2.24, 2.45) is 0 Å². The number of hydrogen-bond acceptors (Lipinski definition) is 3. The molecule has 0 fully saturated rings. The number of rotatable bonds is 8. The first-order chi connectivity index (χ1) is 9.52. The first-order valence-electron chi connectivity index (χ1n) is 7.28. The molecule has 0 saturated carbocycles. The van der Waals surface area contributed by atoms with Gasteiger partial charge >= 0.3 is 0 Å². The van der Waals surface area contributed by atoms with E-state index in [2.05, 4.69) is 6.92 Å². The van der Waals surface area contributed by atoms with Gasteiger partial charge < -0.3 is 9.32 Å². The van der Waals surface area contributed by atoms with Crippen LogP contribution in [0.25, 0.3) is 0 Å². The lowest BCUT2D eigenvalue weighted by molar-refractivity contribution is -0.119. The summed E-state index contributed by atoms with van der Waals surface area (Å²) in [5.74, 6) is 0.389. The van der Waals surface area contributed by atoms with Crippen LogP contribution < -0.4 is 0 Å². The number of hydrogen-bond donors (Lipinski definition) is 0. The van der Waals surface area contributed by atoms with Crippen LogP contribution in [0.15, 0.2) is 22.8 Å². The molecule has 1 aromatic rings. The van der Waals surface area contributed by atoms with Gasteiger partial charge in [0.15, 0.2) is 11.5 Å². The molecule has 0 bridgehead atoms. The van der Waals surface area contributed by atoms with Crippen LogP contribution in [0.2, 0.25) is 0 Å². The maximum Gasteiger partial charge on any atom is 0.209 e. The molecule has 0 aliphatic rings. The Kier molecular flexibility index (Phi) is 10.4. The first-order valence-corrected chi connectivity index (χ1v) is 7.28. The van der Waals surface area contributed by atoms with Gasteiger partial charge in [-0.05, 0) is 32.4 Å². The lowest BCUT2D eigenvalue weighted by atomic mass is 10.2. The summed E-state index contributed by atoms with van der Waals surface area (Å²) in [5.41, 5.74) is 0. The fourth-order valence-electron chi connectivity index (χ4n) is 1.63. The van der Waals surface area contributed by atoms with E-state index in [0.717, 1.165) is 19.4 Å². The van der Waals surface area contributed by atoms with E-state index in [0.29, 0.717) is 11.8 Å². The molecule has 114 valence electrons. The second-order valence-electron chi connectivity index (χ2n) is 5.03. The second-order valence-corrected chi connectivity index (χ2v) is 5.03. The average Bonchev–Trinajstić information content (AvgIpc) is 2.93. The summed E-state index contributed by atoms with van der Waals surface area (Å²) in [6, 6.07) is 3.68. The fraction of sp³-hybridized carbons (Fsp3) is 0.625. The van der Waals surface area contributed by atoms with Crippen LogP contribution in [-0.2, 0) is 4.79 Å². The van der Waals surface area contributed by atoms with E-state index in [9.17, 15) is 9.59 Å². The molecule has 1 rings (SSSR count). The Hall–Kier alpha value is -1.58. The normalized spacial score (nSPS) is 9.85. The number of ketones is 1. The van der Waals surface area contributed by atoms with Gasteiger partial charge in [-0.1, -0.05) is 26.2 Å². The van der Waals surface area contributed by atoms with Crippen LogP contribution in [0.3, 0.4) is 0 Å². The van der Waals surface area contributed by atoms with Crippen molar-refractivity contribution in [2.45, 2.75) is 59.4 Å². The van der Waals surface area contributed by atoms with Gasteiger partial charge in [-0.3, -0.25) is 9.59 Å². The minimum absolute atomic E-state index is 0.0324. The fourth-order valence-corrected chi connectivity index (χ4v) is 1.63. The van der Waals surface area contributed by atoms with Crippen molar-refractivity contribution in [3.63, 3.8) is 0 Å². The Morgan fingerprint density at radius 3 is 2.40 bits per heavy atom. The van der Waals surface area contributed by atoms with Crippen molar-refractivity contribution in [3.05, 3.63) is 24.2 Å². The van der Waals surface area contributed by atoms with E-state index in [1.165, 1.54) is 32.4 Å². The van der Waals surface area contributed by atoms with Gasteiger partial charge in [-0.15, -0.1) is 0 Å². The van der Waals surface area contributed by atoms with E-state index < -0.39 is 0 Å². The number of Topliss-reactive ketones (excluding diaryl/α,β-unsaturated/α-hetero) is 1. The van der Waals surface area contributed by atoms with E-state index in [1.54, 1.807) is 12.1 Å². The maximum atomic E-state index is 10.5. The average molecular weight is 281 g/mol. The van der Waals surface area contributed by atoms with Crippen LogP contribution in [0.4, 0.5) is 0 Å². The summed E-state index contributed by atoms with van der Waals surface area (Å²) >= 11 is 0. The van der Waals surface area contributed by atoms with Gasteiger partial charge in [0.1, 0.15) is 0 Å². The number of nitrogens with zero attached hydrogens (tertiary/aromatic N) is 1.